The molecule has 3 rings (SSSR count). The molecule has 1 heterocycles. The molecule has 32 heavy (non-hydrogen) atoms. The van der Waals surface area contributed by atoms with E-state index in [0.717, 1.165) is 11.5 Å². The number of hydrogen-bond donors (Lipinski definition) is 1. The van der Waals surface area contributed by atoms with Gasteiger partial charge in [0.15, 0.2) is 0 Å². The Balaban J connectivity index is 1.71. The molecular formula is C19H19Cl2N3O5S3. The average Bonchev–Trinajstić information content (AvgIpc) is 3.11. The van der Waals surface area contributed by atoms with Gasteiger partial charge >= 0.3 is 0 Å². The third-order valence-electron chi connectivity index (χ3n) is 4.45. The van der Waals surface area contributed by atoms with Crippen molar-refractivity contribution in [3.63, 3.8) is 0 Å². The zero-order valence-corrected chi connectivity index (χ0v) is 21.1. The van der Waals surface area contributed by atoms with Gasteiger partial charge in [0.05, 0.1) is 15.9 Å². The number of sulfonamides is 1. The van der Waals surface area contributed by atoms with E-state index in [1.807, 2.05) is 0 Å². The van der Waals surface area contributed by atoms with E-state index >= 15 is 0 Å². The van der Waals surface area contributed by atoms with E-state index < -0.39 is 26.2 Å². The lowest BCUT2D eigenvalue weighted by molar-refractivity contribution is 0.227. The summed E-state index contributed by atoms with van der Waals surface area (Å²) in [6.45, 7) is 4.74. The first-order valence-corrected chi connectivity index (χ1v) is 13.6. The largest absolute Gasteiger partial charge is 0.297 e. The molecule has 0 aliphatic heterocycles. The summed E-state index contributed by atoms with van der Waals surface area (Å²) in [7, 11) is -7.98. The van der Waals surface area contributed by atoms with Gasteiger partial charge in [0.1, 0.15) is 5.82 Å². The summed E-state index contributed by atoms with van der Waals surface area (Å²) in [4.78, 5) is 4.14. The smallest absolute Gasteiger partial charge is 0.263 e. The van der Waals surface area contributed by atoms with Gasteiger partial charge in [0.25, 0.3) is 20.1 Å². The molecule has 0 saturated carbocycles. The van der Waals surface area contributed by atoms with E-state index in [9.17, 15) is 16.8 Å². The van der Waals surface area contributed by atoms with Crippen LogP contribution in [0, 0.1) is 13.8 Å². The van der Waals surface area contributed by atoms with Crippen molar-refractivity contribution < 1.29 is 21.0 Å². The molecule has 0 spiro atoms. The molecule has 1 N–H and O–H groups in total. The van der Waals surface area contributed by atoms with Crippen molar-refractivity contribution in [1.29, 1.82) is 0 Å². The maximum Gasteiger partial charge on any atom is 0.297 e. The molecule has 0 amide bonds. The van der Waals surface area contributed by atoms with Gasteiger partial charge in [-0.15, -0.1) is 0 Å². The highest BCUT2D eigenvalue weighted by molar-refractivity contribution is 7.93. The summed E-state index contributed by atoms with van der Waals surface area (Å²) in [5.41, 5.74) is 0.802. The highest BCUT2D eigenvalue weighted by Gasteiger charge is 2.24. The Morgan fingerprint density at radius 3 is 2.19 bits per heavy atom. The van der Waals surface area contributed by atoms with Crippen LogP contribution in [0.25, 0.3) is 0 Å². The molecule has 0 fully saturated rings. The fourth-order valence-corrected chi connectivity index (χ4v) is 6.73. The van der Waals surface area contributed by atoms with Gasteiger partial charge in [-0.3, -0.25) is 8.91 Å². The molecule has 13 heteroatoms. The van der Waals surface area contributed by atoms with Gasteiger partial charge in [0.2, 0.25) is 5.13 Å². The van der Waals surface area contributed by atoms with E-state index in [1.165, 1.54) is 24.3 Å². The standard InChI is InChI=1S/C19H19Cl2N3O5S3/c1-11(29-32(27,28)17-9-5-7-15(21)13(17)3)10-18-22-19(30-23-18)24-31(25,26)16-8-4-6-14(20)12(16)2/h4-9,11H,10H2,1-3H3,(H,22,23,24). The highest BCUT2D eigenvalue weighted by atomic mass is 35.5. The van der Waals surface area contributed by atoms with E-state index in [4.69, 9.17) is 27.4 Å². The maximum atomic E-state index is 12.7. The zero-order chi connectivity index (χ0) is 23.7. The van der Waals surface area contributed by atoms with Crippen molar-refractivity contribution in [2.75, 3.05) is 4.72 Å². The van der Waals surface area contributed by atoms with Gasteiger partial charge in [-0.05, 0) is 56.2 Å². The predicted molar refractivity (Wildman–Crippen MR) is 125 cm³/mol. The monoisotopic (exact) mass is 535 g/mol. The molecule has 1 atom stereocenters. The Morgan fingerprint density at radius 1 is 1.00 bits per heavy atom. The van der Waals surface area contributed by atoms with Crippen molar-refractivity contribution >= 4 is 60.0 Å². The highest BCUT2D eigenvalue weighted by Crippen LogP contribution is 2.27. The van der Waals surface area contributed by atoms with Gasteiger partial charge in [-0.1, -0.05) is 35.3 Å². The minimum Gasteiger partial charge on any atom is -0.263 e. The number of aromatic nitrogens is 2. The number of hydrogen-bond acceptors (Lipinski definition) is 8. The van der Waals surface area contributed by atoms with Crippen LogP contribution in [0.4, 0.5) is 5.13 Å². The number of halogens is 2. The zero-order valence-electron chi connectivity index (χ0n) is 17.2. The maximum absolute atomic E-state index is 12.7. The Bertz CT molecular complexity index is 1360. The second kappa shape index (κ2) is 9.62. The summed E-state index contributed by atoms with van der Waals surface area (Å²) >= 11 is 12.8. The minimum absolute atomic E-state index is 0.0200. The van der Waals surface area contributed by atoms with Crippen molar-refractivity contribution in [3.8, 4) is 0 Å². The molecule has 2 aromatic carbocycles. The second-order valence-corrected chi connectivity index (χ2v) is 11.7. The minimum atomic E-state index is -4.06. The van der Waals surface area contributed by atoms with Crippen molar-refractivity contribution in [3.05, 3.63) is 63.4 Å². The first kappa shape index (κ1) is 24.9. The van der Waals surface area contributed by atoms with Crippen LogP contribution >= 0.6 is 34.7 Å². The third-order valence-corrected chi connectivity index (χ3v) is 9.11. The molecule has 0 bridgehead atoms. The first-order chi connectivity index (χ1) is 14.9. The lowest BCUT2D eigenvalue weighted by atomic mass is 10.2. The lowest BCUT2D eigenvalue weighted by Crippen LogP contribution is -2.19. The number of rotatable bonds is 8. The van der Waals surface area contributed by atoms with Crippen LogP contribution in [-0.4, -0.2) is 32.3 Å². The summed E-state index contributed by atoms with van der Waals surface area (Å²) in [6, 6.07) is 9.10. The molecule has 8 nitrogen and oxygen atoms in total. The molecule has 0 aliphatic carbocycles. The van der Waals surface area contributed by atoms with E-state index in [-0.39, 0.29) is 27.2 Å². The van der Waals surface area contributed by atoms with Crippen LogP contribution < -0.4 is 4.72 Å². The summed E-state index contributed by atoms with van der Waals surface area (Å²) in [6.07, 6.45) is -0.750. The Morgan fingerprint density at radius 2 is 1.56 bits per heavy atom. The van der Waals surface area contributed by atoms with Crippen LogP contribution in [-0.2, 0) is 30.7 Å². The SMILES string of the molecule is Cc1c(Cl)cccc1S(=O)(=O)Nc1nc(CC(C)OS(=O)(=O)c2cccc(Cl)c2C)ns1. The number of anilines is 1. The van der Waals surface area contributed by atoms with Crippen LogP contribution in [0.3, 0.4) is 0 Å². The summed E-state index contributed by atoms with van der Waals surface area (Å²) < 4.78 is 62.2. The Kier molecular flexibility index (Phi) is 7.48. The fourth-order valence-electron chi connectivity index (χ4n) is 2.84. The molecule has 1 unspecified atom stereocenters. The van der Waals surface area contributed by atoms with Gasteiger partial charge < -0.3 is 0 Å². The molecule has 3 aromatic rings. The van der Waals surface area contributed by atoms with Crippen LogP contribution in [0.1, 0.15) is 23.9 Å². The predicted octanol–water partition coefficient (Wildman–Crippen LogP) is 4.60. The normalized spacial score (nSPS) is 13.2. The van der Waals surface area contributed by atoms with E-state index in [2.05, 4.69) is 14.1 Å². The number of nitrogens with one attached hydrogen (secondary N) is 1. The number of benzene rings is 2. The van der Waals surface area contributed by atoms with Crippen LogP contribution in [0.15, 0.2) is 46.2 Å². The average molecular weight is 536 g/mol. The summed E-state index contributed by atoms with van der Waals surface area (Å²) in [5, 5.41) is 0.684. The van der Waals surface area contributed by atoms with Gasteiger partial charge in [0, 0.05) is 28.0 Å². The molecule has 0 radical (unpaired) electrons. The van der Waals surface area contributed by atoms with E-state index in [0.29, 0.717) is 21.2 Å². The third kappa shape index (κ3) is 5.59. The number of nitrogens with zero attached hydrogens (tertiary/aromatic N) is 2. The Hall–Kier alpha value is -1.76. The Labute approximate surface area is 200 Å². The van der Waals surface area contributed by atoms with Gasteiger partial charge in [-0.25, -0.2) is 13.4 Å². The molecular weight excluding hydrogens is 517 g/mol. The lowest BCUT2D eigenvalue weighted by Gasteiger charge is -2.13. The summed E-state index contributed by atoms with van der Waals surface area (Å²) in [5.74, 6) is 0.237. The van der Waals surface area contributed by atoms with Gasteiger partial charge in [-0.2, -0.15) is 12.8 Å². The van der Waals surface area contributed by atoms with Crippen molar-refractivity contribution in [1.82, 2.24) is 9.36 Å². The molecule has 1 aromatic heterocycles. The second-order valence-electron chi connectivity index (χ2n) is 6.91. The van der Waals surface area contributed by atoms with Crippen molar-refractivity contribution in [2.24, 2.45) is 0 Å². The topological polar surface area (TPSA) is 115 Å². The molecule has 0 aliphatic rings. The van der Waals surface area contributed by atoms with Crippen molar-refractivity contribution in [2.45, 2.75) is 43.1 Å². The fraction of sp³-hybridized carbons (Fsp3) is 0.263. The van der Waals surface area contributed by atoms with Crippen LogP contribution in [0.2, 0.25) is 10.0 Å². The first-order valence-electron chi connectivity index (χ1n) is 9.19. The van der Waals surface area contributed by atoms with Crippen LogP contribution in [0.5, 0.6) is 0 Å². The van der Waals surface area contributed by atoms with E-state index in [1.54, 1.807) is 32.9 Å². The quantitative estimate of drug-likeness (QED) is 0.419. The molecule has 172 valence electrons. The molecule has 0 saturated heterocycles.